The molecule has 6 nitrogen and oxygen atoms in total. The molecule has 1 aliphatic rings. The van der Waals surface area contributed by atoms with E-state index in [1.807, 2.05) is 14.1 Å². The highest BCUT2D eigenvalue weighted by molar-refractivity contribution is 5.76. The first kappa shape index (κ1) is 14.8. The maximum Gasteiger partial charge on any atom is 0.409 e. The molecule has 0 spiro atoms. The minimum absolute atomic E-state index is 0.0272. The summed E-state index contributed by atoms with van der Waals surface area (Å²) < 4.78 is 5.08. The van der Waals surface area contributed by atoms with Gasteiger partial charge < -0.3 is 19.9 Å². The summed E-state index contributed by atoms with van der Waals surface area (Å²) in [6, 6.07) is 0. The Hall–Kier alpha value is -1.30. The van der Waals surface area contributed by atoms with Gasteiger partial charge in [-0.2, -0.15) is 0 Å². The van der Waals surface area contributed by atoms with Gasteiger partial charge in [0.15, 0.2) is 0 Å². The van der Waals surface area contributed by atoms with E-state index in [2.05, 4.69) is 10.2 Å². The summed E-state index contributed by atoms with van der Waals surface area (Å²) in [6.07, 6.45) is 1.50. The quantitative estimate of drug-likeness (QED) is 0.666. The first-order valence-electron chi connectivity index (χ1n) is 6.32. The second kappa shape index (κ2) is 7.20. The second-order valence-electron chi connectivity index (χ2n) is 4.93. The van der Waals surface area contributed by atoms with Gasteiger partial charge in [0.05, 0.1) is 6.54 Å². The van der Waals surface area contributed by atoms with Crippen LogP contribution in [0, 0.1) is 0 Å². The zero-order valence-electron chi connectivity index (χ0n) is 11.4. The molecule has 0 aromatic rings. The number of rotatable bonds is 7. The minimum atomic E-state index is -0.300. The van der Waals surface area contributed by atoms with Crippen LogP contribution >= 0.6 is 0 Å². The molecule has 1 aliphatic heterocycles. The van der Waals surface area contributed by atoms with E-state index in [-0.39, 0.29) is 18.1 Å². The van der Waals surface area contributed by atoms with Gasteiger partial charge in [0.1, 0.15) is 6.10 Å². The van der Waals surface area contributed by atoms with E-state index in [4.69, 9.17) is 4.74 Å². The van der Waals surface area contributed by atoms with Gasteiger partial charge >= 0.3 is 6.09 Å². The normalized spacial score (nSPS) is 19.2. The van der Waals surface area contributed by atoms with Crippen LogP contribution in [0.1, 0.15) is 19.3 Å². The van der Waals surface area contributed by atoms with Crippen LogP contribution in [0.15, 0.2) is 0 Å². The predicted molar refractivity (Wildman–Crippen MR) is 68.3 cm³/mol. The molecule has 0 bridgehead atoms. The predicted octanol–water partition coefficient (Wildman–Crippen LogP) is 0.285. The second-order valence-corrected chi connectivity index (χ2v) is 4.93. The molecule has 2 amide bonds. The number of ether oxygens (including phenoxy) is 1. The highest BCUT2D eigenvalue weighted by Gasteiger charge is 2.28. The van der Waals surface area contributed by atoms with Gasteiger partial charge in [0, 0.05) is 20.0 Å². The van der Waals surface area contributed by atoms with Crippen LogP contribution in [0.5, 0.6) is 0 Å². The summed E-state index contributed by atoms with van der Waals surface area (Å²) in [5, 5.41) is 2.86. The van der Waals surface area contributed by atoms with Gasteiger partial charge in [-0.15, -0.1) is 0 Å². The van der Waals surface area contributed by atoms with Crippen molar-refractivity contribution >= 4 is 12.0 Å². The lowest BCUT2D eigenvalue weighted by Gasteiger charge is -2.10. The fraction of sp³-hybridized carbons (Fsp3) is 0.833. The molecule has 104 valence electrons. The number of hydrogen-bond acceptors (Lipinski definition) is 4. The van der Waals surface area contributed by atoms with Crippen molar-refractivity contribution in [3.63, 3.8) is 0 Å². The number of carbonyl (C=O) groups excluding carboxylic acids is 2. The van der Waals surface area contributed by atoms with Crippen LogP contribution in [-0.2, 0) is 9.53 Å². The summed E-state index contributed by atoms with van der Waals surface area (Å²) in [5.74, 6) is 0.0272. The van der Waals surface area contributed by atoms with Crippen molar-refractivity contribution in [3.8, 4) is 0 Å². The first-order chi connectivity index (χ1) is 8.49. The van der Waals surface area contributed by atoms with Gasteiger partial charge in [0.25, 0.3) is 0 Å². The molecule has 1 rings (SSSR count). The van der Waals surface area contributed by atoms with Crippen LogP contribution in [0.3, 0.4) is 0 Å². The largest absolute Gasteiger partial charge is 0.444 e. The lowest BCUT2D eigenvalue weighted by Crippen LogP contribution is -2.28. The molecule has 1 unspecified atom stereocenters. The van der Waals surface area contributed by atoms with Crippen LogP contribution in [0.25, 0.3) is 0 Å². The summed E-state index contributed by atoms with van der Waals surface area (Å²) >= 11 is 0. The summed E-state index contributed by atoms with van der Waals surface area (Å²) in [5.41, 5.74) is 0. The molecule has 0 aromatic carbocycles. The monoisotopic (exact) mass is 257 g/mol. The summed E-state index contributed by atoms with van der Waals surface area (Å²) in [7, 11) is 5.71. The van der Waals surface area contributed by atoms with E-state index in [1.54, 1.807) is 7.05 Å². The zero-order chi connectivity index (χ0) is 13.5. The molecule has 1 fully saturated rings. The maximum atomic E-state index is 11.5. The number of likely N-dealkylation sites (N-methyl/N-ethyl adjacent to an activating group) is 1. The Morgan fingerprint density at radius 3 is 2.83 bits per heavy atom. The minimum Gasteiger partial charge on any atom is -0.444 e. The molecule has 1 atom stereocenters. The standard InChI is InChI=1S/C12H23N3O3/c1-14(2)8-4-7-13-11(16)6-5-10-9-15(3)12(17)18-10/h10H,4-9H2,1-3H3,(H,13,16). The Balaban J connectivity index is 2.05. The molecule has 1 N–H and O–H groups in total. The molecule has 1 saturated heterocycles. The van der Waals surface area contributed by atoms with E-state index in [1.165, 1.54) is 4.90 Å². The van der Waals surface area contributed by atoms with Crippen molar-refractivity contribution in [2.45, 2.75) is 25.4 Å². The van der Waals surface area contributed by atoms with Gasteiger partial charge in [-0.1, -0.05) is 0 Å². The Kier molecular flexibility index (Phi) is 5.91. The molecular weight excluding hydrogens is 234 g/mol. The Morgan fingerprint density at radius 2 is 2.28 bits per heavy atom. The van der Waals surface area contributed by atoms with Crippen LogP contribution in [0.2, 0.25) is 0 Å². The van der Waals surface area contributed by atoms with E-state index < -0.39 is 0 Å². The number of nitrogens with one attached hydrogen (secondary N) is 1. The molecule has 0 aromatic heterocycles. The number of cyclic esters (lactones) is 1. The Morgan fingerprint density at radius 1 is 1.56 bits per heavy atom. The third-order valence-electron chi connectivity index (χ3n) is 2.85. The van der Waals surface area contributed by atoms with Crippen molar-refractivity contribution in [2.75, 3.05) is 40.8 Å². The highest BCUT2D eigenvalue weighted by atomic mass is 16.6. The lowest BCUT2D eigenvalue weighted by molar-refractivity contribution is -0.121. The zero-order valence-corrected chi connectivity index (χ0v) is 11.4. The average Bonchev–Trinajstić information content (AvgIpc) is 2.61. The Labute approximate surface area is 108 Å². The fourth-order valence-corrected chi connectivity index (χ4v) is 1.80. The fourth-order valence-electron chi connectivity index (χ4n) is 1.80. The summed E-state index contributed by atoms with van der Waals surface area (Å²) in [4.78, 5) is 26.2. The molecule has 0 saturated carbocycles. The van der Waals surface area contributed by atoms with Gasteiger partial charge in [0.2, 0.25) is 5.91 Å². The molecule has 6 heteroatoms. The summed E-state index contributed by atoms with van der Waals surface area (Å²) in [6.45, 7) is 2.24. The maximum absolute atomic E-state index is 11.5. The molecule has 0 aliphatic carbocycles. The van der Waals surface area contributed by atoms with Crippen molar-refractivity contribution < 1.29 is 14.3 Å². The lowest BCUT2D eigenvalue weighted by atomic mass is 10.2. The highest BCUT2D eigenvalue weighted by Crippen LogP contribution is 2.13. The average molecular weight is 257 g/mol. The number of nitrogens with zero attached hydrogens (tertiary/aromatic N) is 2. The third-order valence-corrected chi connectivity index (χ3v) is 2.85. The number of carbonyl (C=O) groups is 2. The first-order valence-corrected chi connectivity index (χ1v) is 6.32. The van der Waals surface area contributed by atoms with Gasteiger partial charge in [-0.3, -0.25) is 4.79 Å². The molecular formula is C12H23N3O3. The third kappa shape index (κ3) is 5.35. The SMILES string of the molecule is CN(C)CCCNC(=O)CCC1CN(C)C(=O)O1. The van der Waals surface area contributed by atoms with E-state index in [0.717, 1.165) is 13.0 Å². The topological polar surface area (TPSA) is 61.9 Å². The van der Waals surface area contributed by atoms with Crippen molar-refractivity contribution in [3.05, 3.63) is 0 Å². The van der Waals surface area contributed by atoms with Crippen LogP contribution < -0.4 is 5.32 Å². The van der Waals surface area contributed by atoms with E-state index >= 15 is 0 Å². The number of hydrogen-bond donors (Lipinski definition) is 1. The van der Waals surface area contributed by atoms with Crippen molar-refractivity contribution in [1.29, 1.82) is 0 Å². The molecule has 0 radical (unpaired) electrons. The van der Waals surface area contributed by atoms with Crippen LogP contribution in [0.4, 0.5) is 4.79 Å². The van der Waals surface area contributed by atoms with Crippen LogP contribution in [-0.4, -0.2) is 68.7 Å². The van der Waals surface area contributed by atoms with E-state index in [0.29, 0.717) is 25.9 Å². The van der Waals surface area contributed by atoms with Gasteiger partial charge in [-0.25, -0.2) is 4.79 Å². The number of amides is 2. The van der Waals surface area contributed by atoms with E-state index in [9.17, 15) is 9.59 Å². The molecule has 18 heavy (non-hydrogen) atoms. The Bertz CT molecular complexity index is 294. The van der Waals surface area contributed by atoms with Crippen molar-refractivity contribution in [2.24, 2.45) is 0 Å². The molecule has 1 heterocycles. The van der Waals surface area contributed by atoms with Gasteiger partial charge in [-0.05, 0) is 33.5 Å². The van der Waals surface area contributed by atoms with Crippen molar-refractivity contribution in [1.82, 2.24) is 15.1 Å². The smallest absolute Gasteiger partial charge is 0.409 e.